The highest BCUT2D eigenvalue weighted by atomic mass is 32.1. The van der Waals surface area contributed by atoms with Crippen molar-refractivity contribution in [3.63, 3.8) is 0 Å². The van der Waals surface area contributed by atoms with E-state index < -0.39 is 0 Å². The van der Waals surface area contributed by atoms with Crippen molar-refractivity contribution >= 4 is 22.3 Å². The summed E-state index contributed by atoms with van der Waals surface area (Å²) in [7, 11) is 0. The Bertz CT molecular complexity index is 661. The molecule has 3 aromatic rings. The number of hydrogen-bond donors (Lipinski definition) is 0. The number of benzene rings is 2. The summed E-state index contributed by atoms with van der Waals surface area (Å²) in [6.07, 6.45) is 1.84. The molecular formula is C15H13NOS. The van der Waals surface area contributed by atoms with Crippen LogP contribution in [-0.2, 0) is 0 Å². The van der Waals surface area contributed by atoms with E-state index in [1.807, 2.05) is 31.3 Å². The van der Waals surface area contributed by atoms with Gasteiger partial charge in [0.05, 0.1) is 11.5 Å². The molecule has 0 bridgehead atoms. The van der Waals surface area contributed by atoms with E-state index in [0.717, 1.165) is 11.1 Å². The third-order valence-electron chi connectivity index (χ3n) is 2.89. The molecule has 0 atom stereocenters. The van der Waals surface area contributed by atoms with Crippen molar-refractivity contribution in [2.24, 2.45) is 0 Å². The molecule has 0 spiro atoms. The summed E-state index contributed by atoms with van der Waals surface area (Å²) in [6, 6.07) is 14.5. The number of aromatic nitrogens is 1. The van der Waals surface area contributed by atoms with Crippen molar-refractivity contribution < 1.29 is 4.74 Å². The van der Waals surface area contributed by atoms with Gasteiger partial charge in [-0.3, -0.25) is 0 Å². The van der Waals surface area contributed by atoms with Gasteiger partial charge in [0.1, 0.15) is 5.75 Å². The second-order valence-corrected chi connectivity index (χ2v) is 4.80. The molecule has 0 amide bonds. The molecule has 2 nitrogen and oxygen atoms in total. The minimum absolute atomic E-state index is 0.684. The number of hydrogen-bond acceptors (Lipinski definition) is 3. The Labute approximate surface area is 110 Å². The molecule has 0 N–H and O–H groups in total. The molecule has 0 aliphatic rings. The quantitative estimate of drug-likeness (QED) is 0.693. The van der Waals surface area contributed by atoms with Crippen LogP contribution < -0.4 is 4.74 Å². The molecule has 0 saturated heterocycles. The van der Waals surface area contributed by atoms with Crippen molar-refractivity contribution in [3.8, 4) is 16.2 Å². The third-order valence-corrected chi connectivity index (χ3v) is 3.67. The average molecular weight is 255 g/mol. The first-order valence-corrected chi connectivity index (χ1v) is 6.73. The summed E-state index contributed by atoms with van der Waals surface area (Å²) in [6.45, 7) is 2.69. The van der Waals surface area contributed by atoms with Crippen molar-refractivity contribution in [1.29, 1.82) is 0 Å². The molecule has 0 aliphatic carbocycles. The minimum Gasteiger partial charge on any atom is -0.493 e. The van der Waals surface area contributed by atoms with E-state index in [0.29, 0.717) is 6.61 Å². The zero-order chi connectivity index (χ0) is 12.4. The number of nitrogens with zero attached hydrogens (tertiary/aromatic N) is 1. The second kappa shape index (κ2) is 4.78. The van der Waals surface area contributed by atoms with Gasteiger partial charge in [0.15, 0.2) is 0 Å². The molecule has 0 aliphatic heterocycles. The lowest BCUT2D eigenvalue weighted by molar-refractivity contribution is 0.344. The maximum atomic E-state index is 5.68. The van der Waals surface area contributed by atoms with Crippen LogP contribution in [0.15, 0.2) is 48.7 Å². The van der Waals surface area contributed by atoms with Crippen LogP contribution in [0, 0.1) is 0 Å². The Morgan fingerprint density at radius 1 is 1.06 bits per heavy atom. The highest BCUT2D eigenvalue weighted by Gasteiger charge is 2.08. The van der Waals surface area contributed by atoms with Gasteiger partial charge >= 0.3 is 0 Å². The van der Waals surface area contributed by atoms with Gasteiger partial charge in [-0.2, -0.15) is 0 Å². The molecule has 0 radical (unpaired) electrons. The van der Waals surface area contributed by atoms with Gasteiger partial charge in [0, 0.05) is 17.1 Å². The maximum absolute atomic E-state index is 5.68. The maximum Gasteiger partial charge on any atom is 0.127 e. The molecular weight excluding hydrogens is 242 g/mol. The van der Waals surface area contributed by atoms with Gasteiger partial charge in [-0.15, -0.1) is 0 Å². The SMILES string of the molecule is CCOc1cccc2c(-c3ccns3)cccc12. The summed E-state index contributed by atoms with van der Waals surface area (Å²) >= 11 is 1.52. The van der Waals surface area contributed by atoms with Crippen molar-refractivity contribution in [3.05, 3.63) is 48.7 Å². The van der Waals surface area contributed by atoms with Crippen LogP contribution in [0.4, 0.5) is 0 Å². The van der Waals surface area contributed by atoms with E-state index in [1.165, 1.54) is 27.4 Å². The Morgan fingerprint density at radius 2 is 1.89 bits per heavy atom. The molecule has 3 rings (SSSR count). The summed E-state index contributed by atoms with van der Waals surface area (Å²) in [5.74, 6) is 0.946. The topological polar surface area (TPSA) is 22.1 Å². The second-order valence-electron chi connectivity index (χ2n) is 3.97. The van der Waals surface area contributed by atoms with Gasteiger partial charge in [-0.1, -0.05) is 30.3 Å². The average Bonchev–Trinajstić information content (AvgIpc) is 2.93. The van der Waals surface area contributed by atoms with Crippen molar-refractivity contribution in [1.82, 2.24) is 4.37 Å². The van der Waals surface area contributed by atoms with E-state index >= 15 is 0 Å². The number of fused-ring (bicyclic) bond motifs is 1. The van der Waals surface area contributed by atoms with E-state index in [4.69, 9.17) is 4.74 Å². The van der Waals surface area contributed by atoms with Gasteiger partial charge in [0.2, 0.25) is 0 Å². The van der Waals surface area contributed by atoms with Crippen LogP contribution in [0.25, 0.3) is 21.2 Å². The van der Waals surface area contributed by atoms with E-state index in [9.17, 15) is 0 Å². The van der Waals surface area contributed by atoms with Gasteiger partial charge in [-0.25, -0.2) is 4.37 Å². The lowest BCUT2D eigenvalue weighted by atomic mass is 10.0. The van der Waals surface area contributed by atoms with Crippen molar-refractivity contribution in [2.45, 2.75) is 6.92 Å². The number of rotatable bonds is 3. The normalized spacial score (nSPS) is 10.7. The first kappa shape index (κ1) is 11.2. The molecule has 2 aromatic carbocycles. The lowest BCUT2D eigenvalue weighted by Gasteiger charge is -2.09. The molecule has 1 aromatic heterocycles. The number of ether oxygens (including phenoxy) is 1. The van der Waals surface area contributed by atoms with Crippen LogP contribution in [0.3, 0.4) is 0 Å². The fourth-order valence-electron chi connectivity index (χ4n) is 2.13. The standard InChI is InChI=1S/C15H13NOS/c1-2-17-14-8-4-5-11-12(14)6-3-7-13(11)15-9-10-16-18-15/h3-10H,2H2,1H3. The summed E-state index contributed by atoms with van der Waals surface area (Å²) in [4.78, 5) is 1.19. The molecule has 18 heavy (non-hydrogen) atoms. The van der Waals surface area contributed by atoms with Crippen LogP contribution in [0.2, 0.25) is 0 Å². The highest BCUT2D eigenvalue weighted by molar-refractivity contribution is 7.09. The zero-order valence-corrected chi connectivity index (χ0v) is 10.9. The molecule has 1 heterocycles. The third kappa shape index (κ3) is 1.87. The molecule has 0 unspecified atom stereocenters. The molecule has 3 heteroatoms. The van der Waals surface area contributed by atoms with Gasteiger partial charge in [0.25, 0.3) is 0 Å². The van der Waals surface area contributed by atoms with Crippen LogP contribution in [0.1, 0.15) is 6.92 Å². The van der Waals surface area contributed by atoms with Crippen molar-refractivity contribution in [2.75, 3.05) is 6.61 Å². The predicted octanol–water partition coefficient (Wildman–Crippen LogP) is 4.36. The van der Waals surface area contributed by atoms with Gasteiger partial charge in [-0.05, 0) is 36.0 Å². The Hall–Kier alpha value is -1.87. The molecule has 0 saturated carbocycles. The lowest BCUT2D eigenvalue weighted by Crippen LogP contribution is -1.92. The van der Waals surface area contributed by atoms with Crippen LogP contribution in [-0.4, -0.2) is 11.0 Å². The van der Waals surface area contributed by atoms with Gasteiger partial charge < -0.3 is 4.74 Å². The predicted molar refractivity (Wildman–Crippen MR) is 76.2 cm³/mol. The first-order valence-electron chi connectivity index (χ1n) is 5.95. The largest absolute Gasteiger partial charge is 0.493 e. The molecule has 90 valence electrons. The summed E-state index contributed by atoms with van der Waals surface area (Å²) < 4.78 is 9.85. The fourth-order valence-corrected chi connectivity index (χ4v) is 2.77. The van der Waals surface area contributed by atoms with Crippen LogP contribution in [0.5, 0.6) is 5.75 Å². The minimum atomic E-state index is 0.684. The highest BCUT2D eigenvalue weighted by Crippen LogP contribution is 2.34. The fraction of sp³-hybridized carbons (Fsp3) is 0.133. The summed E-state index contributed by atoms with van der Waals surface area (Å²) in [5, 5.41) is 2.37. The smallest absolute Gasteiger partial charge is 0.127 e. The van der Waals surface area contributed by atoms with E-state index in [-0.39, 0.29) is 0 Å². The zero-order valence-electron chi connectivity index (χ0n) is 10.1. The first-order chi connectivity index (χ1) is 8.90. The van der Waals surface area contributed by atoms with Crippen LogP contribution >= 0.6 is 11.5 Å². The Kier molecular flexibility index (Phi) is 2.99. The monoisotopic (exact) mass is 255 g/mol. The Morgan fingerprint density at radius 3 is 2.67 bits per heavy atom. The molecule has 0 fully saturated rings. The Balaban J connectivity index is 2.26. The van der Waals surface area contributed by atoms with E-state index in [2.05, 4.69) is 28.6 Å². The van der Waals surface area contributed by atoms with E-state index in [1.54, 1.807) is 0 Å². The summed E-state index contributed by atoms with van der Waals surface area (Å²) in [5.41, 5.74) is 1.22.